The first-order chi connectivity index (χ1) is 8.34. The lowest BCUT2D eigenvalue weighted by molar-refractivity contribution is -0.136. The summed E-state index contributed by atoms with van der Waals surface area (Å²) in [6, 6.07) is 5.93. The Morgan fingerprint density at radius 1 is 1.44 bits per heavy atom. The van der Waals surface area contributed by atoms with Crippen molar-refractivity contribution in [3.05, 3.63) is 29.3 Å². The number of carbonyl (C=O) groups is 1. The van der Waals surface area contributed by atoms with E-state index in [0.717, 1.165) is 23.3 Å². The van der Waals surface area contributed by atoms with Crippen molar-refractivity contribution in [3.63, 3.8) is 0 Å². The second-order valence-corrected chi connectivity index (χ2v) is 4.87. The van der Waals surface area contributed by atoms with Gasteiger partial charge >= 0.3 is 0 Å². The molecule has 0 atom stereocenters. The van der Waals surface area contributed by atoms with E-state index in [-0.39, 0.29) is 5.91 Å². The summed E-state index contributed by atoms with van der Waals surface area (Å²) in [7, 11) is 1.64. The molecule has 4 nitrogen and oxygen atoms in total. The zero-order chi connectivity index (χ0) is 13.8. The fraction of sp³-hybridized carbons (Fsp3) is 0.500. The number of amides is 1. The average Bonchev–Trinajstić information content (AvgIpc) is 2.28. The van der Waals surface area contributed by atoms with E-state index in [1.165, 1.54) is 13.8 Å². The molecule has 0 aliphatic rings. The number of rotatable bonds is 5. The number of ether oxygens (including phenoxy) is 1. The van der Waals surface area contributed by atoms with Crippen LogP contribution in [-0.4, -0.2) is 30.3 Å². The van der Waals surface area contributed by atoms with Crippen molar-refractivity contribution in [2.45, 2.75) is 32.8 Å². The van der Waals surface area contributed by atoms with E-state index in [4.69, 9.17) is 4.74 Å². The Bertz CT molecular complexity index is 422. The molecule has 0 bridgehead atoms. The fourth-order valence-electron chi connectivity index (χ4n) is 1.63. The summed E-state index contributed by atoms with van der Waals surface area (Å²) in [6.07, 6.45) is 0.729. The molecule has 0 aliphatic heterocycles. The lowest BCUT2D eigenvalue weighted by atomic mass is 10.1. The van der Waals surface area contributed by atoms with Gasteiger partial charge in [0.1, 0.15) is 11.4 Å². The first-order valence-electron chi connectivity index (χ1n) is 5.99. The number of nitrogens with one attached hydrogen (secondary N) is 1. The number of aryl methyl sites for hydroxylation is 1. The monoisotopic (exact) mass is 251 g/mol. The molecule has 1 aromatic rings. The topological polar surface area (TPSA) is 58.6 Å². The molecular formula is C14H21NO3. The molecule has 0 fully saturated rings. The fourth-order valence-corrected chi connectivity index (χ4v) is 1.63. The summed E-state index contributed by atoms with van der Waals surface area (Å²) in [5, 5.41) is 12.2. The van der Waals surface area contributed by atoms with Crippen LogP contribution in [0.15, 0.2) is 18.2 Å². The molecule has 0 spiro atoms. The van der Waals surface area contributed by atoms with Gasteiger partial charge in [0.25, 0.3) is 5.91 Å². The van der Waals surface area contributed by atoms with Gasteiger partial charge in [-0.25, -0.2) is 0 Å². The van der Waals surface area contributed by atoms with Crippen LogP contribution in [-0.2, 0) is 11.2 Å². The molecule has 2 N–H and O–H groups in total. The average molecular weight is 251 g/mol. The lowest BCUT2D eigenvalue weighted by Crippen LogP contribution is -2.42. The quantitative estimate of drug-likeness (QED) is 0.832. The zero-order valence-electron chi connectivity index (χ0n) is 11.4. The zero-order valence-corrected chi connectivity index (χ0v) is 11.4. The first kappa shape index (κ1) is 14.5. The third kappa shape index (κ3) is 4.04. The van der Waals surface area contributed by atoms with E-state index in [9.17, 15) is 9.90 Å². The van der Waals surface area contributed by atoms with E-state index in [1.54, 1.807) is 7.11 Å². The predicted molar refractivity (Wildman–Crippen MR) is 70.7 cm³/mol. The van der Waals surface area contributed by atoms with E-state index in [2.05, 4.69) is 5.32 Å². The number of aliphatic hydroxyl groups is 1. The summed E-state index contributed by atoms with van der Waals surface area (Å²) in [5.74, 6) is 0.506. The Kier molecular flexibility index (Phi) is 4.73. The van der Waals surface area contributed by atoms with Crippen molar-refractivity contribution in [2.24, 2.45) is 0 Å². The normalized spacial score (nSPS) is 11.2. The highest BCUT2D eigenvalue weighted by Gasteiger charge is 2.22. The van der Waals surface area contributed by atoms with Gasteiger partial charge in [-0.05, 0) is 44.4 Å². The molecule has 0 saturated carbocycles. The smallest absolute Gasteiger partial charge is 0.251 e. The SMILES string of the molecule is COc1ccc(CCNC(=O)C(C)(C)O)cc1C. The molecule has 0 heterocycles. The van der Waals surface area contributed by atoms with Crippen LogP contribution in [0.25, 0.3) is 0 Å². The standard InChI is InChI=1S/C14H21NO3/c1-10-9-11(5-6-12(10)18-4)7-8-15-13(16)14(2,3)17/h5-6,9,17H,7-8H2,1-4H3,(H,15,16). The summed E-state index contributed by atoms with van der Waals surface area (Å²) >= 11 is 0. The van der Waals surface area contributed by atoms with Gasteiger partial charge in [-0.2, -0.15) is 0 Å². The van der Waals surface area contributed by atoms with Gasteiger partial charge in [0, 0.05) is 6.54 Å². The summed E-state index contributed by atoms with van der Waals surface area (Å²) in [5.41, 5.74) is 0.878. The molecule has 4 heteroatoms. The number of hydrogen-bond acceptors (Lipinski definition) is 3. The number of methoxy groups -OCH3 is 1. The molecule has 1 rings (SSSR count). The lowest BCUT2D eigenvalue weighted by Gasteiger charge is -2.16. The van der Waals surface area contributed by atoms with Crippen LogP contribution in [0.1, 0.15) is 25.0 Å². The Morgan fingerprint density at radius 3 is 2.61 bits per heavy atom. The minimum absolute atomic E-state index is 0.354. The van der Waals surface area contributed by atoms with E-state index >= 15 is 0 Å². The molecule has 0 aliphatic carbocycles. The molecule has 100 valence electrons. The maximum atomic E-state index is 11.4. The van der Waals surface area contributed by atoms with Gasteiger partial charge in [-0.15, -0.1) is 0 Å². The highest BCUT2D eigenvalue weighted by atomic mass is 16.5. The van der Waals surface area contributed by atoms with E-state index < -0.39 is 5.60 Å². The molecule has 0 aromatic heterocycles. The largest absolute Gasteiger partial charge is 0.496 e. The summed E-state index contributed by atoms with van der Waals surface area (Å²) < 4.78 is 5.18. The van der Waals surface area contributed by atoms with E-state index in [0.29, 0.717) is 6.54 Å². The van der Waals surface area contributed by atoms with Crippen molar-refractivity contribution < 1.29 is 14.6 Å². The molecule has 0 radical (unpaired) electrons. The van der Waals surface area contributed by atoms with Crippen LogP contribution in [0.2, 0.25) is 0 Å². The molecular weight excluding hydrogens is 230 g/mol. The van der Waals surface area contributed by atoms with Crippen molar-refractivity contribution in [2.75, 3.05) is 13.7 Å². The second kappa shape index (κ2) is 5.87. The number of benzene rings is 1. The third-order valence-electron chi connectivity index (χ3n) is 2.71. The molecule has 1 aromatic carbocycles. The Morgan fingerprint density at radius 2 is 2.11 bits per heavy atom. The van der Waals surface area contributed by atoms with Gasteiger partial charge in [0.15, 0.2) is 0 Å². The maximum absolute atomic E-state index is 11.4. The molecule has 0 saturated heterocycles. The minimum Gasteiger partial charge on any atom is -0.496 e. The Hall–Kier alpha value is -1.55. The molecule has 0 unspecified atom stereocenters. The van der Waals surface area contributed by atoms with Crippen LogP contribution in [0.4, 0.5) is 0 Å². The van der Waals surface area contributed by atoms with Crippen LogP contribution < -0.4 is 10.1 Å². The Balaban J connectivity index is 2.50. The van der Waals surface area contributed by atoms with Gasteiger partial charge < -0.3 is 15.2 Å². The highest BCUT2D eigenvalue weighted by Crippen LogP contribution is 2.18. The summed E-state index contributed by atoms with van der Waals surface area (Å²) in [4.78, 5) is 11.4. The maximum Gasteiger partial charge on any atom is 0.251 e. The number of hydrogen-bond donors (Lipinski definition) is 2. The minimum atomic E-state index is -1.32. The van der Waals surface area contributed by atoms with Crippen LogP contribution in [0.3, 0.4) is 0 Å². The first-order valence-corrected chi connectivity index (χ1v) is 5.99. The third-order valence-corrected chi connectivity index (χ3v) is 2.71. The van der Waals surface area contributed by atoms with Gasteiger partial charge in [-0.1, -0.05) is 12.1 Å². The predicted octanol–water partition coefficient (Wildman–Crippen LogP) is 1.43. The van der Waals surface area contributed by atoms with Gasteiger partial charge in [0.2, 0.25) is 0 Å². The van der Waals surface area contributed by atoms with Crippen molar-refractivity contribution in [1.82, 2.24) is 5.32 Å². The molecule has 1 amide bonds. The van der Waals surface area contributed by atoms with Crippen molar-refractivity contribution in [1.29, 1.82) is 0 Å². The van der Waals surface area contributed by atoms with Gasteiger partial charge in [-0.3, -0.25) is 4.79 Å². The number of carbonyl (C=O) groups excluding carboxylic acids is 1. The Labute approximate surface area is 108 Å². The van der Waals surface area contributed by atoms with Crippen molar-refractivity contribution >= 4 is 5.91 Å². The molecule has 18 heavy (non-hydrogen) atoms. The van der Waals surface area contributed by atoms with Gasteiger partial charge in [0.05, 0.1) is 7.11 Å². The van der Waals surface area contributed by atoms with Crippen molar-refractivity contribution in [3.8, 4) is 5.75 Å². The van der Waals surface area contributed by atoms with Crippen LogP contribution in [0.5, 0.6) is 5.75 Å². The summed E-state index contributed by atoms with van der Waals surface area (Å²) in [6.45, 7) is 5.44. The van der Waals surface area contributed by atoms with Crippen LogP contribution >= 0.6 is 0 Å². The van der Waals surface area contributed by atoms with E-state index in [1.807, 2.05) is 25.1 Å². The van der Waals surface area contributed by atoms with Crippen LogP contribution in [0, 0.1) is 6.92 Å². The second-order valence-electron chi connectivity index (χ2n) is 4.87. The highest BCUT2D eigenvalue weighted by molar-refractivity contribution is 5.83.